The molecule has 9 heteroatoms. The van der Waals surface area contributed by atoms with Crippen molar-refractivity contribution in [3.05, 3.63) is 52.9 Å². The van der Waals surface area contributed by atoms with Crippen molar-refractivity contribution in [1.82, 2.24) is 9.62 Å². The number of hydrogen-bond acceptors (Lipinski definition) is 6. The van der Waals surface area contributed by atoms with Gasteiger partial charge in [0.15, 0.2) is 0 Å². The van der Waals surface area contributed by atoms with Crippen LogP contribution in [-0.2, 0) is 14.8 Å². The molecule has 0 aliphatic carbocycles. The predicted molar refractivity (Wildman–Crippen MR) is 102 cm³/mol. The summed E-state index contributed by atoms with van der Waals surface area (Å²) < 4.78 is 38.1. The molecule has 1 aromatic heterocycles. The highest BCUT2D eigenvalue weighted by atomic mass is 35.5. The number of halogens is 1. The van der Waals surface area contributed by atoms with Gasteiger partial charge < -0.3 is 9.15 Å². The molecular weight excluding hydrogens is 392 g/mol. The number of carbonyl (C=O) groups is 1. The summed E-state index contributed by atoms with van der Waals surface area (Å²) in [5.74, 6) is 0.0850. The van der Waals surface area contributed by atoms with Crippen LogP contribution in [-0.4, -0.2) is 46.0 Å². The third-order valence-corrected chi connectivity index (χ3v) is 6.14. The lowest BCUT2D eigenvalue weighted by molar-refractivity contribution is 0.0600. The Bertz CT molecular complexity index is 864. The molecule has 27 heavy (non-hydrogen) atoms. The van der Waals surface area contributed by atoms with Crippen LogP contribution in [0, 0.1) is 0 Å². The number of hydrogen-bond donors (Lipinski definition) is 1. The fourth-order valence-electron chi connectivity index (χ4n) is 2.78. The van der Waals surface area contributed by atoms with Crippen LogP contribution in [0.5, 0.6) is 0 Å². The summed E-state index contributed by atoms with van der Waals surface area (Å²) in [7, 11) is -2.64. The van der Waals surface area contributed by atoms with Crippen LogP contribution in [0.3, 0.4) is 0 Å². The summed E-state index contributed by atoms with van der Waals surface area (Å²) in [5, 5.41) is -0.0530. The standard InChI is InChI=1S/C18H23ClN2O5S/c1-4-21(5-2)15(16-7-6-10-26-16)12-20-27(23,24)17-9-8-13(11-14(17)19)18(22)25-3/h6-11,15,20H,4-5,12H2,1-3H3. The van der Waals surface area contributed by atoms with E-state index in [4.69, 9.17) is 16.0 Å². The van der Waals surface area contributed by atoms with Gasteiger partial charge in [-0.25, -0.2) is 17.9 Å². The molecule has 1 atom stereocenters. The molecule has 0 bridgehead atoms. The summed E-state index contributed by atoms with van der Waals surface area (Å²) >= 11 is 6.09. The normalized spacial score (nSPS) is 12.9. The summed E-state index contributed by atoms with van der Waals surface area (Å²) in [5.41, 5.74) is 0.179. The number of nitrogens with zero attached hydrogens (tertiary/aromatic N) is 1. The highest BCUT2D eigenvalue weighted by Gasteiger charge is 2.25. The molecule has 1 aromatic carbocycles. The molecule has 7 nitrogen and oxygen atoms in total. The van der Waals surface area contributed by atoms with Gasteiger partial charge in [0.2, 0.25) is 10.0 Å². The number of esters is 1. The average molecular weight is 415 g/mol. The number of furan rings is 1. The zero-order chi connectivity index (χ0) is 20.0. The van der Waals surface area contributed by atoms with Gasteiger partial charge in [0, 0.05) is 6.54 Å². The lowest BCUT2D eigenvalue weighted by Crippen LogP contribution is -2.38. The Labute approximate surface area is 164 Å². The van der Waals surface area contributed by atoms with Gasteiger partial charge in [-0.3, -0.25) is 4.90 Å². The fourth-order valence-corrected chi connectivity index (χ4v) is 4.37. The minimum absolute atomic E-state index is 0.0530. The largest absolute Gasteiger partial charge is 0.468 e. The van der Waals surface area contributed by atoms with E-state index in [0.29, 0.717) is 5.76 Å². The Hall–Kier alpha value is -1.87. The Kier molecular flexibility index (Phi) is 7.43. The number of methoxy groups -OCH3 is 1. The topological polar surface area (TPSA) is 88.9 Å². The van der Waals surface area contributed by atoms with Crippen LogP contribution in [0.15, 0.2) is 45.9 Å². The molecule has 0 amide bonds. The summed E-state index contributed by atoms with van der Waals surface area (Å²) in [4.78, 5) is 13.5. The highest BCUT2D eigenvalue weighted by Crippen LogP contribution is 2.25. The van der Waals surface area contributed by atoms with E-state index in [9.17, 15) is 13.2 Å². The monoisotopic (exact) mass is 414 g/mol. The van der Waals surface area contributed by atoms with Crippen molar-refractivity contribution in [3.63, 3.8) is 0 Å². The van der Waals surface area contributed by atoms with Crippen LogP contribution < -0.4 is 4.72 Å². The number of sulfonamides is 1. The Morgan fingerprint density at radius 2 is 2.00 bits per heavy atom. The molecule has 0 aliphatic rings. The lowest BCUT2D eigenvalue weighted by atomic mass is 10.2. The SMILES string of the molecule is CCN(CC)C(CNS(=O)(=O)c1ccc(C(=O)OC)cc1Cl)c1ccco1. The van der Waals surface area contributed by atoms with Crippen molar-refractivity contribution in [2.75, 3.05) is 26.7 Å². The first-order valence-electron chi connectivity index (χ1n) is 8.49. The molecule has 0 fully saturated rings. The van der Waals surface area contributed by atoms with Crippen molar-refractivity contribution in [1.29, 1.82) is 0 Å². The molecule has 1 unspecified atom stereocenters. The molecule has 0 saturated heterocycles. The van der Waals surface area contributed by atoms with Gasteiger partial charge in [-0.05, 0) is 43.4 Å². The quantitative estimate of drug-likeness (QED) is 0.634. The maximum atomic E-state index is 12.7. The second-order valence-corrected chi connectivity index (χ2v) is 7.88. The number of benzene rings is 1. The van der Waals surface area contributed by atoms with Gasteiger partial charge in [-0.2, -0.15) is 0 Å². The van der Waals surface area contributed by atoms with Crippen molar-refractivity contribution < 1.29 is 22.4 Å². The van der Waals surface area contributed by atoms with Crippen LogP contribution in [0.25, 0.3) is 0 Å². The molecule has 0 radical (unpaired) electrons. The number of nitrogens with one attached hydrogen (secondary N) is 1. The Morgan fingerprint density at radius 1 is 1.30 bits per heavy atom. The zero-order valence-corrected chi connectivity index (χ0v) is 17.0. The molecule has 1 heterocycles. The average Bonchev–Trinajstić information content (AvgIpc) is 3.18. The first-order chi connectivity index (χ1) is 12.8. The van der Waals surface area contributed by atoms with E-state index in [1.165, 1.54) is 25.3 Å². The van der Waals surface area contributed by atoms with Gasteiger partial charge in [0.05, 0.1) is 30.0 Å². The molecule has 0 aliphatic heterocycles. The molecule has 2 aromatic rings. The molecule has 1 N–H and O–H groups in total. The first kappa shape index (κ1) is 21.4. The van der Waals surface area contributed by atoms with E-state index < -0.39 is 16.0 Å². The van der Waals surface area contributed by atoms with Gasteiger partial charge >= 0.3 is 5.97 Å². The van der Waals surface area contributed by atoms with Crippen LogP contribution in [0.1, 0.15) is 36.0 Å². The van der Waals surface area contributed by atoms with Crippen molar-refractivity contribution in [2.45, 2.75) is 24.8 Å². The first-order valence-corrected chi connectivity index (χ1v) is 10.3. The number of likely N-dealkylation sites (N-methyl/N-ethyl adjacent to an activating group) is 1. The number of carbonyl (C=O) groups excluding carboxylic acids is 1. The van der Waals surface area contributed by atoms with E-state index in [-0.39, 0.29) is 28.1 Å². The lowest BCUT2D eigenvalue weighted by Gasteiger charge is -2.28. The number of ether oxygens (including phenoxy) is 1. The second kappa shape index (κ2) is 9.36. The summed E-state index contributed by atoms with van der Waals surface area (Å²) in [6.07, 6.45) is 1.56. The predicted octanol–water partition coefficient (Wildman–Crippen LogP) is 3.08. The maximum absolute atomic E-state index is 12.7. The molecule has 2 rings (SSSR count). The number of rotatable bonds is 9. The van der Waals surface area contributed by atoms with Crippen LogP contribution >= 0.6 is 11.6 Å². The van der Waals surface area contributed by atoms with Crippen molar-refractivity contribution >= 4 is 27.6 Å². The summed E-state index contributed by atoms with van der Waals surface area (Å²) in [6.45, 7) is 5.58. The van der Waals surface area contributed by atoms with Gasteiger partial charge in [0.1, 0.15) is 10.7 Å². The van der Waals surface area contributed by atoms with Crippen molar-refractivity contribution in [2.24, 2.45) is 0 Å². The maximum Gasteiger partial charge on any atom is 0.337 e. The smallest absolute Gasteiger partial charge is 0.337 e. The third-order valence-electron chi connectivity index (χ3n) is 4.23. The van der Waals surface area contributed by atoms with Gasteiger partial charge in [-0.1, -0.05) is 25.4 Å². The van der Waals surface area contributed by atoms with Crippen LogP contribution in [0.2, 0.25) is 5.02 Å². The van der Waals surface area contributed by atoms with Gasteiger partial charge in [-0.15, -0.1) is 0 Å². The van der Waals surface area contributed by atoms with E-state index in [1.807, 2.05) is 19.9 Å². The minimum atomic E-state index is -3.88. The van der Waals surface area contributed by atoms with Crippen LogP contribution in [0.4, 0.5) is 0 Å². The highest BCUT2D eigenvalue weighted by molar-refractivity contribution is 7.89. The van der Waals surface area contributed by atoms with E-state index in [2.05, 4.69) is 14.4 Å². The second-order valence-electron chi connectivity index (χ2n) is 5.74. The molecular formula is C18H23ClN2O5S. The fraction of sp³-hybridized carbons (Fsp3) is 0.389. The Balaban J connectivity index is 2.23. The third kappa shape index (κ3) is 5.10. The van der Waals surface area contributed by atoms with E-state index in [1.54, 1.807) is 12.3 Å². The summed E-state index contributed by atoms with van der Waals surface area (Å²) in [6, 6.07) is 7.25. The van der Waals surface area contributed by atoms with Crippen molar-refractivity contribution in [3.8, 4) is 0 Å². The molecule has 148 valence electrons. The van der Waals surface area contributed by atoms with E-state index in [0.717, 1.165) is 13.1 Å². The zero-order valence-electron chi connectivity index (χ0n) is 15.4. The molecule has 0 spiro atoms. The Morgan fingerprint density at radius 3 is 2.52 bits per heavy atom. The van der Waals surface area contributed by atoms with Gasteiger partial charge in [0.25, 0.3) is 0 Å². The van der Waals surface area contributed by atoms with E-state index >= 15 is 0 Å². The molecule has 0 saturated carbocycles. The minimum Gasteiger partial charge on any atom is -0.468 e.